The van der Waals surface area contributed by atoms with Crippen LogP contribution >= 0.6 is 0 Å². The van der Waals surface area contributed by atoms with Crippen molar-refractivity contribution >= 4 is 5.91 Å². The third kappa shape index (κ3) is 7.65. The Kier molecular flexibility index (Phi) is 8.74. The zero-order valence-electron chi connectivity index (χ0n) is 13.8. The third-order valence-corrected chi connectivity index (χ3v) is 3.09. The molecule has 0 saturated heterocycles. The van der Waals surface area contributed by atoms with Gasteiger partial charge >= 0.3 is 0 Å². The maximum absolute atomic E-state index is 12.1. The van der Waals surface area contributed by atoms with Crippen LogP contribution in [0.3, 0.4) is 0 Å². The summed E-state index contributed by atoms with van der Waals surface area (Å²) in [5.41, 5.74) is 6.57. The van der Waals surface area contributed by atoms with Crippen molar-refractivity contribution in [2.45, 2.75) is 60.1 Å². The summed E-state index contributed by atoms with van der Waals surface area (Å²) >= 11 is 0. The first-order valence-corrected chi connectivity index (χ1v) is 7.58. The quantitative estimate of drug-likeness (QED) is 0.597. The van der Waals surface area contributed by atoms with Crippen LogP contribution in [0.25, 0.3) is 0 Å². The molecule has 0 aliphatic rings. The number of nitrogens with one attached hydrogen (secondary N) is 1. The number of amides is 1. The van der Waals surface area contributed by atoms with E-state index in [1.807, 2.05) is 27.7 Å². The average molecular weight is 284 g/mol. The number of carbonyl (C=O) groups is 1. The van der Waals surface area contributed by atoms with Gasteiger partial charge in [0.2, 0.25) is 5.91 Å². The fourth-order valence-corrected chi connectivity index (χ4v) is 1.92. The van der Waals surface area contributed by atoms with E-state index in [9.17, 15) is 9.90 Å². The Morgan fingerprint density at radius 1 is 1.15 bits per heavy atom. The third-order valence-electron chi connectivity index (χ3n) is 3.09. The molecular formula is C16H32N2O2. The highest BCUT2D eigenvalue weighted by Crippen LogP contribution is 2.14. The van der Waals surface area contributed by atoms with Gasteiger partial charge in [-0.3, -0.25) is 4.79 Å². The molecule has 0 bridgehead atoms. The summed E-state index contributed by atoms with van der Waals surface area (Å²) in [4.78, 5) is 12.1. The van der Waals surface area contributed by atoms with E-state index in [0.717, 1.165) is 6.42 Å². The number of nitrogens with two attached hydrogens (primary N) is 1. The zero-order chi connectivity index (χ0) is 15.9. The van der Waals surface area contributed by atoms with Gasteiger partial charge in [-0.15, -0.1) is 0 Å². The van der Waals surface area contributed by atoms with Crippen molar-refractivity contribution in [2.24, 2.45) is 23.5 Å². The molecule has 0 rings (SSSR count). The second kappa shape index (κ2) is 9.14. The van der Waals surface area contributed by atoms with E-state index < -0.39 is 6.10 Å². The van der Waals surface area contributed by atoms with E-state index in [4.69, 9.17) is 5.73 Å². The fraction of sp³-hybridized carbons (Fsp3) is 0.812. The Balaban J connectivity index is 4.80. The molecule has 4 N–H and O–H groups in total. The lowest BCUT2D eigenvalue weighted by Gasteiger charge is -2.20. The van der Waals surface area contributed by atoms with Crippen molar-refractivity contribution < 1.29 is 9.90 Å². The van der Waals surface area contributed by atoms with Crippen LogP contribution in [0.5, 0.6) is 0 Å². The van der Waals surface area contributed by atoms with Gasteiger partial charge in [-0.1, -0.05) is 41.5 Å². The molecular weight excluding hydrogens is 252 g/mol. The van der Waals surface area contributed by atoms with E-state index in [0.29, 0.717) is 24.0 Å². The molecule has 0 fully saturated rings. The normalized spacial score (nSPS) is 15.8. The van der Waals surface area contributed by atoms with Crippen LogP contribution in [0.4, 0.5) is 0 Å². The summed E-state index contributed by atoms with van der Waals surface area (Å²) in [6.07, 6.45) is 1.57. The minimum absolute atomic E-state index is 0.0584. The lowest BCUT2D eigenvalue weighted by molar-refractivity contribution is -0.118. The van der Waals surface area contributed by atoms with Gasteiger partial charge in [0, 0.05) is 18.2 Å². The number of aliphatic hydroxyl groups excluding tert-OH is 1. The van der Waals surface area contributed by atoms with Crippen LogP contribution in [0, 0.1) is 17.8 Å². The number of rotatable bonds is 8. The molecule has 0 spiro atoms. The first kappa shape index (κ1) is 19.1. The summed E-state index contributed by atoms with van der Waals surface area (Å²) in [6.45, 7) is 12.8. The Morgan fingerprint density at radius 3 is 2.10 bits per heavy atom. The maximum Gasteiger partial charge on any atom is 0.247 e. The Bertz CT molecular complexity index is 322. The van der Waals surface area contributed by atoms with Crippen molar-refractivity contribution in [3.63, 3.8) is 0 Å². The molecule has 4 nitrogen and oxygen atoms in total. The van der Waals surface area contributed by atoms with Gasteiger partial charge in [0.15, 0.2) is 0 Å². The lowest BCUT2D eigenvalue weighted by atomic mass is 9.95. The highest BCUT2D eigenvalue weighted by atomic mass is 16.3. The molecule has 0 heterocycles. The van der Waals surface area contributed by atoms with Crippen molar-refractivity contribution in [3.8, 4) is 0 Å². The zero-order valence-corrected chi connectivity index (χ0v) is 13.8. The molecule has 0 aromatic heterocycles. The van der Waals surface area contributed by atoms with Crippen LogP contribution < -0.4 is 11.1 Å². The van der Waals surface area contributed by atoms with E-state index in [2.05, 4.69) is 19.2 Å². The SMILES string of the molecule is CC(C)CNC(=O)/C(=C\[C@H](O)[C@@H](N)CC(C)C)C(C)C. The van der Waals surface area contributed by atoms with Crippen LogP contribution in [0.1, 0.15) is 48.0 Å². The monoisotopic (exact) mass is 284 g/mol. The molecule has 2 atom stereocenters. The molecule has 20 heavy (non-hydrogen) atoms. The summed E-state index contributed by atoms with van der Waals surface area (Å²) in [7, 11) is 0. The van der Waals surface area contributed by atoms with Crippen molar-refractivity contribution in [1.82, 2.24) is 5.32 Å². The molecule has 0 aromatic carbocycles. The topological polar surface area (TPSA) is 75.3 Å². The van der Waals surface area contributed by atoms with Gasteiger partial charge in [-0.2, -0.15) is 0 Å². The van der Waals surface area contributed by atoms with E-state index in [1.54, 1.807) is 6.08 Å². The molecule has 0 aromatic rings. The molecule has 118 valence electrons. The summed E-state index contributed by atoms with van der Waals surface area (Å²) in [5.74, 6) is 0.776. The minimum Gasteiger partial charge on any atom is -0.387 e. The van der Waals surface area contributed by atoms with E-state index in [-0.39, 0.29) is 17.9 Å². The molecule has 4 heteroatoms. The number of carbonyl (C=O) groups excluding carboxylic acids is 1. The summed E-state index contributed by atoms with van der Waals surface area (Å²) < 4.78 is 0. The van der Waals surface area contributed by atoms with Gasteiger partial charge in [0.25, 0.3) is 0 Å². The van der Waals surface area contributed by atoms with Gasteiger partial charge in [-0.05, 0) is 30.3 Å². The summed E-state index contributed by atoms with van der Waals surface area (Å²) in [5, 5.41) is 13.0. The van der Waals surface area contributed by atoms with Gasteiger partial charge < -0.3 is 16.2 Å². The molecule has 0 saturated carbocycles. The van der Waals surface area contributed by atoms with Gasteiger partial charge in [0.1, 0.15) is 0 Å². The predicted octanol–water partition coefficient (Wildman–Crippen LogP) is 2.08. The highest BCUT2D eigenvalue weighted by Gasteiger charge is 2.19. The molecule has 1 amide bonds. The second-order valence-electron chi connectivity index (χ2n) is 6.66. The van der Waals surface area contributed by atoms with Gasteiger partial charge in [-0.25, -0.2) is 0 Å². The van der Waals surface area contributed by atoms with Gasteiger partial charge in [0.05, 0.1) is 6.10 Å². The average Bonchev–Trinajstić information content (AvgIpc) is 2.31. The molecule has 0 aliphatic carbocycles. The van der Waals surface area contributed by atoms with Crippen LogP contribution in [-0.2, 0) is 4.79 Å². The first-order chi connectivity index (χ1) is 9.15. The molecule has 0 radical (unpaired) electrons. The standard InChI is InChI=1S/C16H32N2O2/c1-10(2)7-14(17)15(19)8-13(12(5)6)16(20)18-9-11(3)4/h8,10-12,14-15,19H,7,9,17H2,1-6H3,(H,18,20)/b13-8-/t14-,15-/m0/s1. The van der Waals surface area contributed by atoms with Crippen LogP contribution in [0.15, 0.2) is 11.6 Å². The number of hydrogen-bond donors (Lipinski definition) is 3. The highest BCUT2D eigenvalue weighted by molar-refractivity contribution is 5.93. The lowest BCUT2D eigenvalue weighted by Crippen LogP contribution is -2.36. The second-order valence-corrected chi connectivity index (χ2v) is 6.66. The van der Waals surface area contributed by atoms with Crippen LogP contribution in [-0.4, -0.2) is 29.7 Å². The molecule has 0 aliphatic heterocycles. The van der Waals surface area contributed by atoms with E-state index >= 15 is 0 Å². The van der Waals surface area contributed by atoms with Crippen LogP contribution in [0.2, 0.25) is 0 Å². The Labute approximate surface area is 123 Å². The predicted molar refractivity (Wildman–Crippen MR) is 84.2 cm³/mol. The Morgan fingerprint density at radius 2 is 1.70 bits per heavy atom. The minimum atomic E-state index is -0.778. The number of hydrogen-bond acceptors (Lipinski definition) is 3. The molecule has 0 unspecified atom stereocenters. The fourth-order valence-electron chi connectivity index (χ4n) is 1.92. The first-order valence-electron chi connectivity index (χ1n) is 7.58. The number of aliphatic hydroxyl groups is 1. The van der Waals surface area contributed by atoms with Crippen molar-refractivity contribution in [2.75, 3.05) is 6.54 Å². The van der Waals surface area contributed by atoms with E-state index in [1.165, 1.54) is 0 Å². The Hall–Kier alpha value is -0.870. The largest absolute Gasteiger partial charge is 0.387 e. The van der Waals surface area contributed by atoms with Crippen molar-refractivity contribution in [3.05, 3.63) is 11.6 Å². The van der Waals surface area contributed by atoms with Crippen molar-refractivity contribution in [1.29, 1.82) is 0 Å². The smallest absolute Gasteiger partial charge is 0.247 e. The maximum atomic E-state index is 12.1. The summed E-state index contributed by atoms with van der Waals surface area (Å²) in [6, 6.07) is -0.332.